The summed E-state index contributed by atoms with van der Waals surface area (Å²) in [6.07, 6.45) is 10.2. The molecule has 0 spiro atoms. The van der Waals surface area contributed by atoms with Crippen LogP contribution < -0.4 is 5.32 Å². The Morgan fingerprint density at radius 1 is 1.22 bits per heavy atom. The summed E-state index contributed by atoms with van der Waals surface area (Å²) < 4.78 is 13.0. The molecule has 2 heteroatoms. The first-order valence-electron chi connectivity index (χ1n) is 6.96. The Bertz CT molecular complexity index is 375. The Labute approximate surface area is 109 Å². The van der Waals surface area contributed by atoms with Gasteiger partial charge in [0.2, 0.25) is 0 Å². The minimum atomic E-state index is -0.157. The third-order valence-corrected chi connectivity index (χ3v) is 3.56. The van der Waals surface area contributed by atoms with Gasteiger partial charge in [-0.25, -0.2) is 4.39 Å². The SMILES string of the molecule is CCCCC(NC1CC=CC1)c1ccc(F)cc1. The Kier molecular flexibility index (Phi) is 4.94. The van der Waals surface area contributed by atoms with Gasteiger partial charge in [0, 0.05) is 12.1 Å². The topological polar surface area (TPSA) is 12.0 Å². The predicted molar refractivity (Wildman–Crippen MR) is 74.0 cm³/mol. The van der Waals surface area contributed by atoms with E-state index in [-0.39, 0.29) is 5.82 Å². The lowest BCUT2D eigenvalue weighted by Crippen LogP contribution is -2.31. The first-order valence-corrected chi connectivity index (χ1v) is 6.96. The third-order valence-electron chi connectivity index (χ3n) is 3.56. The van der Waals surface area contributed by atoms with Gasteiger partial charge in [-0.05, 0) is 37.0 Å². The average molecular weight is 247 g/mol. The van der Waals surface area contributed by atoms with Crippen LogP contribution in [0.4, 0.5) is 4.39 Å². The highest BCUT2D eigenvalue weighted by Crippen LogP contribution is 2.23. The second-order valence-corrected chi connectivity index (χ2v) is 5.05. The maximum atomic E-state index is 13.0. The molecule has 1 N–H and O–H groups in total. The van der Waals surface area contributed by atoms with Gasteiger partial charge in [-0.1, -0.05) is 44.1 Å². The van der Waals surface area contributed by atoms with Crippen LogP contribution in [0.25, 0.3) is 0 Å². The van der Waals surface area contributed by atoms with Crippen molar-refractivity contribution in [3.8, 4) is 0 Å². The monoisotopic (exact) mass is 247 g/mol. The highest BCUT2D eigenvalue weighted by Gasteiger charge is 2.17. The molecule has 1 aromatic rings. The molecule has 0 heterocycles. The van der Waals surface area contributed by atoms with Gasteiger partial charge >= 0.3 is 0 Å². The molecule has 2 rings (SSSR count). The second-order valence-electron chi connectivity index (χ2n) is 5.05. The summed E-state index contributed by atoms with van der Waals surface area (Å²) in [5, 5.41) is 3.70. The smallest absolute Gasteiger partial charge is 0.123 e. The first-order chi connectivity index (χ1) is 8.79. The zero-order chi connectivity index (χ0) is 12.8. The summed E-state index contributed by atoms with van der Waals surface area (Å²) in [5.74, 6) is -0.157. The molecule has 0 amide bonds. The van der Waals surface area contributed by atoms with Gasteiger partial charge in [0.1, 0.15) is 5.82 Å². The van der Waals surface area contributed by atoms with E-state index in [0.717, 1.165) is 19.3 Å². The average Bonchev–Trinajstić information content (AvgIpc) is 2.88. The van der Waals surface area contributed by atoms with Crippen LogP contribution >= 0.6 is 0 Å². The Balaban J connectivity index is 2.01. The lowest BCUT2D eigenvalue weighted by Gasteiger charge is -2.23. The molecular formula is C16H22FN. The molecule has 18 heavy (non-hydrogen) atoms. The molecule has 1 nitrogen and oxygen atoms in total. The number of hydrogen-bond acceptors (Lipinski definition) is 1. The minimum Gasteiger partial charge on any atom is -0.307 e. The highest BCUT2D eigenvalue weighted by atomic mass is 19.1. The number of halogens is 1. The van der Waals surface area contributed by atoms with E-state index in [2.05, 4.69) is 24.4 Å². The third kappa shape index (κ3) is 3.67. The molecular weight excluding hydrogens is 225 g/mol. The van der Waals surface area contributed by atoms with Crippen molar-refractivity contribution in [2.45, 2.75) is 51.1 Å². The van der Waals surface area contributed by atoms with Crippen LogP contribution in [0.15, 0.2) is 36.4 Å². The van der Waals surface area contributed by atoms with Crippen LogP contribution in [0, 0.1) is 5.82 Å². The van der Waals surface area contributed by atoms with Gasteiger partial charge in [-0.15, -0.1) is 0 Å². The van der Waals surface area contributed by atoms with E-state index in [1.54, 1.807) is 12.1 Å². The van der Waals surface area contributed by atoms with Crippen molar-refractivity contribution in [1.29, 1.82) is 0 Å². The molecule has 0 aromatic heterocycles. The van der Waals surface area contributed by atoms with E-state index in [1.807, 2.05) is 12.1 Å². The van der Waals surface area contributed by atoms with Gasteiger partial charge < -0.3 is 5.32 Å². The second kappa shape index (κ2) is 6.69. The van der Waals surface area contributed by atoms with Gasteiger partial charge in [0.15, 0.2) is 0 Å². The van der Waals surface area contributed by atoms with Crippen molar-refractivity contribution in [1.82, 2.24) is 5.32 Å². The molecule has 1 atom stereocenters. The molecule has 0 saturated carbocycles. The van der Waals surface area contributed by atoms with E-state index < -0.39 is 0 Å². The number of unbranched alkanes of at least 4 members (excludes halogenated alkanes) is 1. The van der Waals surface area contributed by atoms with Gasteiger partial charge in [-0.2, -0.15) is 0 Å². The molecule has 0 saturated heterocycles. The van der Waals surface area contributed by atoms with Crippen LogP contribution in [0.3, 0.4) is 0 Å². The molecule has 0 bridgehead atoms. The van der Waals surface area contributed by atoms with Crippen molar-refractivity contribution < 1.29 is 4.39 Å². The van der Waals surface area contributed by atoms with Crippen LogP contribution in [0.2, 0.25) is 0 Å². The van der Waals surface area contributed by atoms with Crippen LogP contribution in [-0.4, -0.2) is 6.04 Å². The van der Waals surface area contributed by atoms with Gasteiger partial charge in [0.05, 0.1) is 0 Å². The zero-order valence-electron chi connectivity index (χ0n) is 11.0. The van der Waals surface area contributed by atoms with Crippen molar-refractivity contribution in [2.75, 3.05) is 0 Å². The van der Waals surface area contributed by atoms with Crippen molar-refractivity contribution >= 4 is 0 Å². The van der Waals surface area contributed by atoms with E-state index in [9.17, 15) is 4.39 Å². The molecule has 0 radical (unpaired) electrons. The summed E-state index contributed by atoms with van der Waals surface area (Å²) in [6, 6.07) is 7.84. The normalized spacial score (nSPS) is 17.2. The summed E-state index contributed by atoms with van der Waals surface area (Å²) in [7, 11) is 0. The minimum absolute atomic E-state index is 0.157. The number of rotatable bonds is 6. The van der Waals surface area contributed by atoms with E-state index in [0.29, 0.717) is 12.1 Å². The molecule has 0 aliphatic heterocycles. The maximum Gasteiger partial charge on any atom is 0.123 e. The van der Waals surface area contributed by atoms with Crippen LogP contribution in [0.5, 0.6) is 0 Å². The molecule has 1 aliphatic carbocycles. The fourth-order valence-electron chi connectivity index (χ4n) is 2.49. The largest absolute Gasteiger partial charge is 0.307 e. The van der Waals surface area contributed by atoms with E-state index >= 15 is 0 Å². The molecule has 1 unspecified atom stereocenters. The standard InChI is InChI=1S/C16H22FN/c1-2-3-8-16(18-15-6-4-5-7-15)13-9-11-14(17)12-10-13/h4-5,9-12,15-16,18H,2-3,6-8H2,1H3. The number of hydrogen-bond donors (Lipinski definition) is 1. The molecule has 1 aliphatic rings. The fourth-order valence-corrected chi connectivity index (χ4v) is 2.49. The summed E-state index contributed by atoms with van der Waals surface area (Å²) >= 11 is 0. The van der Waals surface area contributed by atoms with Crippen molar-refractivity contribution in [3.05, 3.63) is 47.8 Å². The van der Waals surface area contributed by atoms with Crippen LogP contribution in [-0.2, 0) is 0 Å². The Morgan fingerprint density at radius 3 is 2.50 bits per heavy atom. The molecule has 98 valence electrons. The van der Waals surface area contributed by atoms with Gasteiger partial charge in [0.25, 0.3) is 0 Å². The summed E-state index contributed by atoms with van der Waals surface area (Å²) in [4.78, 5) is 0. The van der Waals surface area contributed by atoms with Crippen molar-refractivity contribution in [2.24, 2.45) is 0 Å². The lowest BCUT2D eigenvalue weighted by atomic mass is 9.99. The van der Waals surface area contributed by atoms with Crippen molar-refractivity contribution in [3.63, 3.8) is 0 Å². The lowest BCUT2D eigenvalue weighted by molar-refractivity contribution is 0.417. The Morgan fingerprint density at radius 2 is 1.89 bits per heavy atom. The summed E-state index contributed by atoms with van der Waals surface area (Å²) in [5.41, 5.74) is 1.21. The molecule has 1 aromatic carbocycles. The summed E-state index contributed by atoms with van der Waals surface area (Å²) in [6.45, 7) is 2.21. The molecule has 0 fully saturated rings. The number of nitrogens with one attached hydrogen (secondary N) is 1. The first kappa shape index (κ1) is 13.3. The Hall–Kier alpha value is -1.15. The zero-order valence-corrected chi connectivity index (χ0v) is 11.0. The quantitative estimate of drug-likeness (QED) is 0.736. The number of benzene rings is 1. The van der Waals surface area contributed by atoms with E-state index in [4.69, 9.17) is 0 Å². The van der Waals surface area contributed by atoms with Gasteiger partial charge in [-0.3, -0.25) is 0 Å². The van der Waals surface area contributed by atoms with Crippen LogP contribution in [0.1, 0.15) is 50.6 Å². The highest BCUT2D eigenvalue weighted by molar-refractivity contribution is 5.20. The predicted octanol–water partition coefficient (Wildman–Crippen LogP) is 4.37. The van der Waals surface area contributed by atoms with E-state index in [1.165, 1.54) is 18.4 Å². The fraction of sp³-hybridized carbons (Fsp3) is 0.500. The maximum absolute atomic E-state index is 13.0.